The fraction of sp³-hybridized carbons (Fsp3) is 0.214. The second-order valence-corrected chi connectivity index (χ2v) is 8.48. The number of carbonyl (C=O) groups is 1. The number of nitrogen functional groups attached to an aromatic ring is 1. The predicted octanol–water partition coefficient (Wildman–Crippen LogP) is 2.29. The highest BCUT2D eigenvalue weighted by Gasteiger charge is 2.16. The lowest BCUT2D eigenvalue weighted by molar-refractivity contribution is 0.0736. The third kappa shape index (κ3) is 7.40. The van der Waals surface area contributed by atoms with E-state index in [0.29, 0.717) is 29.5 Å². The van der Waals surface area contributed by atoms with Gasteiger partial charge in [-0.1, -0.05) is 24.3 Å². The van der Waals surface area contributed by atoms with Gasteiger partial charge < -0.3 is 35.4 Å². The summed E-state index contributed by atoms with van der Waals surface area (Å²) in [5.74, 6) is 1.40. The first-order chi connectivity index (χ1) is 19.5. The highest BCUT2D eigenvalue weighted by molar-refractivity contribution is 5.92. The fourth-order valence-electron chi connectivity index (χ4n) is 3.56. The Morgan fingerprint density at radius 1 is 0.950 bits per heavy atom. The predicted molar refractivity (Wildman–Crippen MR) is 149 cm³/mol. The molecule has 0 saturated heterocycles. The number of nitrogens with two attached hydrogens (primary N) is 1. The summed E-state index contributed by atoms with van der Waals surface area (Å²) in [5, 5.41) is 5.78. The standard InChI is InChI=1S/C28H30N6O6/c1-37-21-7-3-19(4-8-21)16-39-26-15-34(40-17-20-5-9-22(38-2)10-6-20)24(13-25(26)35)28(36)32-12-11-31-27-23(29)14-30-18-33-27/h3-10,13-15,18H,11-12,16-17,29H2,1-2H3,(H,32,36)(H,30,31,33). The van der Waals surface area contributed by atoms with Gasteiger partial charge in [-0.2, -0.15) is 4.73 Å². The summed E-state index contributed by atoms with van der Waals surface area (Å²) in [6, 6.07) is 15.7. The van der Waals surface area contributed by atoms with Crippen LogP contribution >= 0.6 is 0 Å². The first-order valence-electron chi connectivity index (χ1n) is 12.3. The number of rotatable bonds is 13. The van der Waals surface area contributed by atoms with Crippen LogP contribution in [0.4, 0.5) is 11.5 Å². The lowest BCUT2D eigenvalue weighted by Crippen LogP contribution is -2.34. The molecule has 0 saturated carbocycles. The zero-order chi connectivity index (χ0) is 28.3. The number of carbonyl (C=O) groups excluding carboxylic acids is 1. The van der Waals surface area contributed by atoms with Crippen molar-refractivity contribution >= 4 is 17.4 Å². The summed E-state index contributed by atoms with van der Waals surface area (Å²) in [5.41, 5.74) is 7.43. The number of anilines is 2. The SMILES string of the molecule is COc1ccc(COc2cn(OCc3ccc(OC)cc3)c(C(=O)NCCNc3ncncc3N)cc2=O)cc1. The Balaban J connectivity index is 1.47. The number of pyridine rings is 1. The minimum Gasteiger partial charge on any atom is -0.497 e. The van der Waals surface area contributed by atoms with Crippen LogP contribution in [0, 0.1) is 0 Å². The van der Waals surface area contributed by atoms with Crippen LogP contribution in [0.25, 0.3) is 0 Å². The molecule has 12 heteroatoms. The largest absolute Gasteiger partial charge is 0.497 e. The van der Waals surface area contributed by atoms with Gasteiger partial charge in [-0.3, -0.25) is 9.59 Å². The van der Waals surface area contributed by atoms with Crippen LogP contribution in [0.2, 0.25) is 0 Å². The average Bonchev–Trinajstić information content (AvgIpc) is 2.99. The molecular weight excluding hydrogens is 516 g/mol. The molecule has 0 unspecified atom stereocenters. The van der Waals surface area contributed by atoms with Crippen molar-refractivity contribution in [2.75, 3.05) is 38.4 Å². The second kappa shape index (κ2) is 13.5. The molecule has 0 spiro atoms. The molecule has 208 valence electrons. The van der Waals surface area contributed by atoms with Crippen molar-refractivity contribution in [1.82, 2.24) is 20.0 Å². The number of benzene rings is 2. The van der Waals surface area contributed by atoms with Crippen molar-refractivity contribution in [2.45, 2.75) is 13.2 Å². The van der Waals surface area contributed by atoms with Gasteiger partial charge in [0.15, 0.2) is 11.6 Å². The number of aromatic nitrogens is 3. The number of nitrogens with one attached hydrogen (secondary N) is 2. The molecule has 40 heavy (non-hydrogen) atoms. The molecule has 0 bridgehead atoms. The first-order valence-corrected chi connectivity index (χ1v) is 12.3. The smallest absolute Gasteiger partial charge is 0.271 e. The molecule has 2 aromatic heterocycles. The summed E-state index contributed by atoms with van der Waals surface area (Å²) in [6.07, 6.45) is 4.21. The molecule has 0 aliphatic rings. The van der Waals surface area contributed by atoms with Crippen molar-refractivity contribution in [2.24, 2.45) is 0 Å². The van der Waals surface area contributed by atoms with Crippen LogP contribution in [0.3, 0.4) is 0 Å². The average molecular weight is 547 g/mol. The Labute approximate surface area is 230 Å². The van der Waals surface area contributed by atoms with E-state index < -0.39 is 11.3 Å². The summed E-state index contributed by atoms with van der Waals surface area (Å²) in [7, 11) is 3.17. The molecular formula is C28H30N6O6. The van der Waals surface area contributed by atoms with E-state index in [1.165, 1.54) is 29.5 Å². The highest BCUT2D eigenvalue weighted by Crippen LogP contribution is 2.15. The minimum atomic E-state index is -0.508. The van der Waals surface area contributed by atoms with Gasteiger partial charge in [0.1, 0.15) is 36.7 Å². The Kier molecular flexibility index (Phi) is 9.38. The third-order valence-corrected chi connectivity index (χ3v) is 5.74. The van der Waals surface area contributed by atoms with E-state index in [1.807, 2.05) is 24.3 Å². The molecule has 4 aromatic rings. The van der Waals surface area contributed by atoms with E-state index in [0.717, 1.165) is 11.1 Å². The Hall–Kier alpha value is -5.26. The van der Waals surface area contributed by atoms with E-state index in [-0.39, 0.29) is 31.2 Å². The van der Waals surface area contributed by atoms with Crippen molar-refractivity contribution in [3.63, 3.8) is 0 Å². The Morgan fingerprint density at radius 2 is 1.60 bits per heavy atom. The molecule has 12 nitrogen and oxygen atoms in total. The number of ether oxygens (including phenoxy) is 3. The van der Waals surface area contributed by atoms with Gasteiger partial charge in [-0.15, -0.1) is 0 Å². The van der Waals surface area contributed by atoms with E-state index in [9.17, 15) is 9.59 Å². The van der Waals surface area contributed by atoms with Gasteiger partial charge in [-0.05, 0) is 35.4 Å². The van der Waals surface area contributed by atoms with E-state index in [4.69, 9.17) is 24.8 Å². The van der Waals surface area contributed by atoms with Gasteiger partial charge in [0, 0.05) is 19.2 Å². The lowest BCUT2D eigenvalue weighted by atomic mass is 10.2. The topological polar surface area (TPSA) is 152 Å². The van der Waals surface area contributed by atoms with Crippen molar-refractivity contribution in [3.8, 4) is 17.2 Å². The number of amides is 1. The van der Waals surface area contributed by atoms with Gasteiger partial charge in [-0.25, -0.2) is 9.97 Å². The lowest BCUT2D eigenvalue weighted by Gasteiger charge is -2.16. The molecule has 2 heterocycles. The zero-order valence-corrected chi connectivity index (χ0v) is 22.1. The van der Waals surface area contributed by atoms with Crippen LogP contribution in [0.5, 0.6) is 17.2 Å². The molecule has 2 aromatic carbocycles. The van der Waals surface area contributed by atoms with Crippen molar-refractivity contribution in [1.29, 1.82) is 0 Å². The van der Waals surface area contributed by atoms with Gasteiger partial charge in [0.25, 0.3) is 5.91 Å². The minimum absolute atomic E-state index is 0.0110. The van der Waals surface area contributed by atoms with Gasteiger partial charge >= 0.3 is 0 Å². The van der Waals surface area contributed by atoms with Crippen molar-refractivity contribution < 1.29 is 23.8 Å². The van der Waals surface area contributed by atoms with Crippen LogP contribution < -0.4 is 40.8 Å². The van der Waals surface area contributed by atoms with Crippen LogP contribution in [0.1, 0.15) is 21.6 Å². The summed E-state index contributed by atoms with van der Waals surface area (Å²) in [6.45, 7) is 0.832. The molecule has 0 radical (unpaired) electrons. The Bertz CT molecular complexity index is 1470. The second-order valence-electron chi connectivity index (χ2n) is 8.48. The van der Waals surface area contributed by atoms with Gasteiger partial charge in [0.2, 0.25) is 5.43 Å². The zero-order valence-electron chi connectivity index (χ0n) is 22.1. The molecule has 0 aliphatic heterocycles. The van der Waals surface area contributed by atoms with Crippen LogP contribution in [-0.4, -0.2) is 47.9 Å². The Morgan fingerprint density at radius 3 is 2.23 bits per heavy atom. The number of hydrogen-bond donors (Lipinski definition) is 3. The summed E-state index contributed by atoms with van der Waals surface area (Å²) >= 11 is 0. The van der Waals surface area contributed by atoms with E-state index in [1.54, 1.807) is 38.5 Å². The number of hydrogen-bond acceptors (Lipinski definition) is 10. The number of nitrogens with zero attached hydrogens (tertiary/aromatic N) is 3. The fourth-order valence-corrected chi connectivity index (χ4v) is 3.56. The van der Waals surface area contributed by atoms with Crippen LogP contribution in [0.15, 0.2) is 78.1 Å². The maximum absolute atomic E-state index is 13.0. The molecule has 0 aliphatic carbocycles. The molecule has 0 atom stereocenters. The van der Waals surface area contributed by atoms with Gasteiger partial charge in [0.05, 0.1) is 32.3 Å². The monoisotopic (exact) mass is 546 g/mol. The van der Waals surface area contributed by atoms with Crippen molar-refractivity contribution in [3.05, 3.63) is 100 Å². The quantitative estimate of drug-likeness (QED) is 0.213. The molecule has 0 fully saturated rings. The van der Waals surface area contributed by atoms with E-state index in [2.05, 4.69) is 20.6 Å². The first kappa shape index (κ1) is 27.8. The maximum Gasteiger partial charge on any atom is 0.271 e. The van der Waals surface area contributed by atoms with Crippen LogP contribution in [-0.2, 0) is 13.2 Å². The number of methoxy groups -OCH3 is 2. The molecule has 4 rings (SSSR count). The summed E-state index contributed by atoms with van der Waals surface area (Å²) in [4.78, 5) is 39.7. The third-order valence-electron chi connectivity index (χ3n) is 5.74. The molecule has 1 amide bonds. The van der Waals surface area contributed by atoms with E-state index >= 15 is 0 Å². The maximum atomic E-state index is 13.0. The molecule has 4 N–H and O–H groups in total. The summed E-state index contributed by atoms with van der Waals surface area (Å²) < 4.78 is 17.4. The highest BCUT2D eigenvalue weighted by atomic mass is 16.7. The normalized spacial score (nSPS) is 10.4.